The van der Waals surface area contributed by atoms with Crippen molar-refractivity contribution in [3.8, 4) is 11.1 Å². The number of anilines is 1. The Balaban J connectivity index is 1.94. The molecule has 3 aromatic rings. The number of hydrogen-bond donors (Lipinski definition) is 2. The van der Waals surface area contributed by atoms with E-state index >= 15 is 0 Å². The summed E-state index contributed by atoms with van der Waals surface area (Å²) >= 11 is 0. The zero-order valence-corrected chi connectivity index (χ0v) is 15.9. The summed E-state index contributed by atoms with van der Waals surface area (Å²) in [6, 6.07) is 6.88. The largest absolute Gasteiger partial charge is 0.543 e. The van der Waals surface area contributed by atoms with E-state index in [9.17, 15) is 26.7 Å². The van der Waals surface area contributed by atoms with E-state index in [4.69, 9.17) is 5.14 Å². The average Bonchev–Trinajstić information content (AvgIpc) is 3.21. The Morgan fingerprint density at radius 2 is 1.79 bits per heavy atom. The lowest BCUT2D eigenvalue weighted by Gasteiger charge is -2.11. The van der Waals surface area contributed by atoms with Gasteiger partial charge in [-0.1, -0.05) is 12.1 Å². The molecule has 28 heavy (non-hydrogen) atoms. The van der Waals surface area contributed by atoms with Gasteiger partial charge in [0.05, 0.1) is 18.0 Å². The summed E-state index contributed by atoms with van der Waals surface area (Å²) in [6.45, 7) is 0. The van der Waals surface area contributed by atoms with E-state index in [1.165, 1.54) is 47.4 Å². The summed E-state index contributed by atoms with van der Waals surface area (Å²) < 4.78 is 51.8. The molecule has 1 aromatic carbocycles. The number of sulfonamides is 1. The van der Waals surface area contributed by atoms with E-state index in [-0.39, 0.29) is 16.3 Å². The maximum atomic E-state index is 12.3. The third-order valence-electron chi connectivity index (χ3n) is 3.72. The Morgan fingerprint density at radius 1 is 1.14 bits per heavy atom. The van der Waals surface area contributed by atoms with Crippen LogP contribution in [0.1, 0.15) is 10.5 Å². The molecule has 0 unspecified atom stereocenters. The number of carbonyl (C=O) groups is 1. The van der Waals surface area contributed by atoms with Crippen LogP contribution in [0.2, 0.25) is 0 Å². The van der Waals surface area contributed by atoms with Gasteiger partial charge >= 0.3 is 10.2 Å². The molecular formula is C15H14N5O6S2-. The van der Waals surface area contributed by atoms with E-state index in [2.05, 4.69) is 9.71 Å². The lowest BCUT2D eigenvalue weighted by molar-refractivity contribution is -0.255. The number of carboxylic acid groups (broad SMARTS) is 1. The van der Waals surface area contributed by atoms with Crippen molar-refractivity contribution in [2.75, 3.05) is 4.72 Å². The van der Waals surface area contributed by atoms with Crippen molar-refractivity contribution in [1.82, 2.24) is 13.5 Å². The average molecular weight is 424 g/mol. The van der Waals surface area contributed by atoms with Gasteiger partial charge in [0.2, 0.25) is 0 Å². The maximum Gasteiger partial charge on any atom is 0.302 e. The third kappa shape index (κ3) is 3.76. The monoisotopic (exact) mass is 424 g/mol. The number of nitrogens with zero attached hydrogens (tertiary/aromatic N) is 3. The fourth-order valence-electron chi connectivity index (χ4n) is 2.51. The van der Waals surface area contributed by atoms with Gasteiger partial charge in [-0.3, -0.25) is 4.72 Å². The lowest BCUT2D eigenvalue weighted by atomic mass is 10.1. The highest BCUT2D eigenvalue weighted by Crippen LogP contribution is 2.27. The molecule has 0 spiro atoms. The van der Waals surface area contributed by atoms with Gasteiger partial charge in [0, 0.05) is 30.7 Å². The first-order chi connectivity index (χ1) is 13.0. The summed E-state index contributed by atoms with van der Waals surface area (Å²) in [5.74, 6) is -1.73. The van der Waals surface area contributed by atoms with Gasteiger partial charge in [0.15, 0.2) is 5.03 Å². The number of imidazole rings is 1. The number of carbonyl (C=O) groups excluding carboxylic acids is 1. The number of nitrogens with two attached hydrogens (primary N) is 1. The lowest BCUT2D eigenvalue weighted by Crippen LogP contribution is -2.31. The summed E-state index contributed by atoms with van der Waals surface area (Å²) in [4.78, 5) is 15.2. The molecule has 0 bridgehead atoms. The van der Waals surface area contributed by atoms with Crippen LogP contribution < -0.4 is 15.0 Å². The molecule has 0 saturated carbocycles. The molecule has 2 aromatic heterocycles. The highest BCUT2D eigenvalue weighted by Gasteiger charge is 2.19. The number of nitrogens with one attached hydrogen (secondary N) is 1. The molecule has 0 amide bonds. The standard InChI is InChI=1S/C15H15N5O6S2/c1-19-8-13(17-9-19)27(23,24)18-11-4-2-10(3-5-11)12-6-7-20(28(16,25)26)14(12)15(21)22/h2-9,18H,1H3,(H,21,22)(H2,16,25,26)/p-1. The normalized spacial score (nSPS) is 12.1. The van der Waals surface area contributed by atoms with E-state index in [1.54, 1.807) is 7.05 Å². The second-order valence-corrected chi connectivity index (χ2v) is 8.82. The molecular weight excluding hydrogens is 410 g/mol. The first-order valence-corrected chi connectivity index (χ1v) is 10.5. The molecule has 0 saturated heterocycles. The van der Waals surface area contributed by atoms with Gasteiger partial charge < -0.3 is 14.5 Å². The van der Waals surface area contributed by atoms with Crippen molar-refractivity contribution in [1.29, 1.82) is 0 Å². The minimum Gasteiger partial charge on any atom is -0.543 e. The van der Waals surface area contributed by atoms with Crippen molar-refractivity contribution >= 4 is 31.9 Å². The molecule has 11 nitrogen and oxygen atoms in total. The molecule has 13 heteroatoms. The van der Waals surface area contributed by atoms with E-state index in [1.807, 2.05) is 0 Å². The molecule has 0 aliphatic rings. The molecule has 3 rings (SSSR count). The first kappa shape index (κ1) is 19.6. The predicted molar refractivity (Wildman–Crippen MR) is 96.7 cm³/mol. The van der Waals surface area contributed by atoms with Crippen molar-refractivity contribution in [3.63, 3.8) is 0 Å². The Labute approximate surface area is 160 Å². The molecule has 0 aliphatic carbocycles. The van der Waals surface area contributed by atoms with Crippen LogP contribution in [0, 0.1) is 0 Å². The third-order valence-corrected chi connectivity index (χ3v) is 5.84. The van der Waals surface area contributed by atoms with Gasteiger partial charge in [0.25, 0.3) is 10.0 Å². The summed E-state index contributed by atoms with van der Waals surface area (Å²) in [5, 5.41) is 16.2. The minimum atomic E-state index is -4.33. The van der Waals surface area contributed by atoms with Gasteiger partial charge in [0.1, 0.15) is 0 Å². The predicted octanol–water partition coefficient (Wildman–Crippen LogP) is -0.895. The number of hydrogen-bond acceptors (Lipinski definition) is 7. The number of carboxylic acids is 1. The SMILES string of the molecule is Cn1cnc(S(=O)(=O)Nc2ccc(-c3ccn(S(N)(=O)=O)c3C(=O)[O-])cc2)c1. The van der Waals surface area contributed by atoms with Gasteiger partial charge in [-0.15, -0.1) is 0 Å². The second kappa shape index (κ2) is 6.78. The topological polar surface area (TPSA) is 169 Å². The van der Waals surface area contributed by atoms with Crippen LogP contribution in [0.4, 0.5) is 5.69 Å². The number of aryl methyl sites for hydroxylation is 1. The molecule has 2 heterocycles. The maximum absolute atomic E-state index is 12.3. The van der Waals surface area contributed by atoms with Crippen molar-refractivity contribution in [2.24, 2.45) is 12.2 Å². The van der Waals surface area contributed by atoms with Crippen LogP contribution in [0.15, 0.2) is 54.1 Å². The zero-order valence-electron chi connectivity index (χ0n) is 14.3. The fourth-order valence-corrected chi connectivity index (χ4v) is 4.21. The Kier molecular flexibility index (Phi) is 4.74. The van der Waals surface area contributed by atoms with Gasteiger partial charge in [-0.2, -0.15) is 16.8 Å². The Hall–Kier alpha value is -3.16. The second-order valence-electron chi connectivity index (χ2n) is 5.77. The zero-order chi connectivity index (χ0) is 20.7. The number of aromatic carboxylic acids is 1. The summed E-state index contributed by atoms with van der Waals surface area (Å²) in [7, 11) is -6.60. The van der Waals surface area contributed by atoms with Crippen LogP contribution in [-0.4, -0.2) is 36.3 Å². The quantitative estimate of drug-likeness (QED) is 0.517. The molecule has 0 aliphatic heterocycles. The van der Waals surface area contributed by atoms with E-state index in [0.29, 0.717) is 9.54 Å². The van der Waals surface area contributed by atoms with Crippen molar-refractivity contribution in [2.45, 2.75) is 5.03 Å². The van der Waals surface area contributed by atoms with E-state index < -0.39 is 31.9 Å². The highest BCUT2D eigenvalue weighted by molar-refractivity contribution is 7.92. The van der Waals surface area contributed by atoms with Crippen LogP contribution in [-0.2, 0) is 27.3 Å². The molecule has 148 valence electrons. The number of benzene rings is 1. The van der Waals surface area contributed by atoms with Gasteiger partial charge in [-0.25, -0.2) is 14.1 Å². The van der Waals surface area contributed by atoms with Gasteiger partial charge in [-0.05, 0) is 23.8 Å². The molecule has 0 atom stereocenters. The van der Waals surface area contributed by atoms with Crippen LogP contribution in [0.5, 0.6) is 0 Å². The Bertz CT molecular complexity index is 1260. The van der Waals surface area contributed by atoms with Crippen LogP contribution >= 0.6 is 0 Å². The van der Waals surface area contributed by atoms with Crippen LogP contribution in [0.3, 0.4) is 0 Å². The molecule has 3 N–H and O–H groups in total. The minimum absolute atomic E-state index is 0.0492. The summed E-state index contributed by atoms with van der Waals surface area (Å²) in [6.07, 6.45) is 3.67. The number of rotatable bonds is 6. The fraction of sp³-hybridized carbons (Fsp3) is 0.0667. The van der Waals surface area contributed by atoms with Crippen LogP contribution in [0.25, 0.3) is 11.1 Å². The first-order valence-electron chi connectivity index (χ1n) is 7.56. The molecule has 0 fully saturated rings. The molecule has 0 radical (unpaired) electrons. The van der Waals surface area contributed by atoms with Crippen molar-refractivity contribution in [3.05, 3.63) is 54.7 Å². The highest BCUT2D eigenvalue weighted by atomic mass is 32.2. The number of aromatic nitrogens is 3. The Morgan fingerprint density at radius 3 is 2.29 bits per heavy atom. The van der Waals surface area contributed by atoms with E-state index in [0.717, 1.165) is 6.20 Å². The smallest absolute Gasteiger partial charge is 0.302 e. The van der Waals surface area contributed by atoms with Crippen molar-refractivity contribution < 1.29 is 26.7 Å². The summed E-state index contributed by atoms with van der Waals surface area (Å²) in [5.41, 5.74) is -0.0601.